The number of hydrogen-bond acceptors (Lipinski definition) is 2. The summed E-state index contributed by atoms with van der Waals surface area (Å²) in [4.78, 5) is 23.1. The Labute approximate surface area is 96.4 Å². The van der Waals surface area contributed by atoms with Gasteiger partial charge in [-0.2, -0.15) is 0 Å². The van der Waals surface area contributed by atoms with Crippen LogP contribution in [-0.4, -0.2) is 11.6 Å². The first-order valence-corrected chi connectivity index (χ1v) is 5.90. The molecular weight excluding hydrogens is 200 g/mol. The summed E-state index contributed by atoms with van der Waals surface area (Å²) in [6.45, 7) is 5.72. The minimum Gasteiger partial charge on any atom is -0.295 e. The van der Waals surface area contributed by atoms with Crippen LogP contribution in [0.5, 0.6) is 0 Å². The first-order valence-electron chi connectivity index (χ1n) is 5.90. The molecule has 0 fully saturated rings. The Bertz CT molecular complexity index is 426. The van der Waals surface area contributed by atoms with Gasteiger partial charge in [0.1, 0.15) is 0 Å². The van der Waals surface area contributed by atoms with Crippen LogP contribution in [0.4, 0.5) is 0 Å². The molecule has 0 unspecified atom stereocenters. The van der Waals surface area contributed by atoms with Crippen molar-refractivity contribution in [3.63, 3.8) is 0 Å². The van der Waals surface area contributed by atoms with Crippen molar-refractivity contribution in [1.29, 1.82) is 0 Å². The lowest BCUT2D eigenvalue weighted by Gasteiger charge is -2.39. The second-order valence-corrected chi connectivity index (χ2v) is 5.25. The van der Waals surface area contributed by atoms with Crippen molar-refractivity contribution in [3.05, 3.63) is 22.8 Å². The van der Waals surface area contributed by atoms with Gasteiger partial charge in [-0.05, 0) is 55.2 Å². The molecule has 0 bridgehead atoms. The summed E-state index contributed by atoms with van der Waals surface area (Å²) < 4.78 is 0. The molecule has 16 heavy (non-hydrogen) atoms. The lowest BCUT2D eigenvalue weighted by molar-refractivity contribution is -0.117. The molecule has 0 saturated carbocycles. The first-order chi connectivity index (χ1) is 7.44. The largest absolute Gasteiger partial charge is 0.295 e. The van der Waals surface area contributed by atoms with E-state index in [0.29, 0.717) is 6.42 Å². The summed E-state index contributed by atoms with van der Waals surface area (Å²) >= 11 is 0. The zero-order chi connectivity index (χ0) is 11.9. The van der Waals surface area contributed by atoms with E-state index in [1.807, 2.05) is 13.0 Å². The highest BCUT2D eigenvalue weighted by Gasteiger charge is 2.37. The summed E-state index contributed by atoms with van der Waals surface area (Å²) in [5.74, 6) is 0.383. The maximum Gasteiger partial charge on any atom is 0.158 e. The van der Waals surface area contributed by atoms with Gasteiger partial charge in [-0.15, -0.1) is 0 Å². The highest BCUT2D eigenvalue weighted by atomic mass is 16.1. The van der Waals surface area contributed by atoms with Crippen molar-refractivity contribution in [2.24, 2.45) is 5.41 Å². The van der Waals surface area contributed by atoms with E-state index in [2.05, 4.69) is 6.92 Å². The number of allylic oxidation sites excluding steroid dienone is 4. The SMILES string of the molecule is CC(=O)C1=CC2=C(C)C(=O)CC[C@@]2(C)CC1. The van der Waals surface area contributed by atoms with Crippen LogP contribution in [0.1, 0.15) is 46.5 Å². The molecule has 0 amide bonds. The maximum atomic E-state index is 11.7. The van der Waals surface area contributed by atoms with Gasteiger partial charge >= 0.3 is 0 Å². The Morgan fingerprint density at radius 2 is 1.94 bits per heavy atom. The molecule has 0 heterocycles. The standard InChI is InChI=1S/C14H18O2/c1-9-12-8-11(10(2)15)4-6-14(12,3)7-5-13(9)16/h8H,4-7H2,1-3H3/t14-/m1/s1. The van der Waals surface area contributed by atoms with Crippen LogP contribution < -0.4 is 0 Å². The normalized spacial score (nSPS) is 29.9. The molecule has 1 atom stereocenters. The van der Waals surface area contributed by atoms with Gasteiger partial charge in [0, 0.05) is 6.42 Å². The number of hydrogen-bond donors (Lipinski definition) is 0. The fraction of sp³-hybridized carbons (Fsp3) is 0.571. The van der Waals surface area contributed by atoms with E-state index in [4.69, 9.17) is 0 Å². The molecule has 0 aromatic heterocycles. The van der Waals surface area contributed by atoms with Crippen molar-refractivity contribution < 1.29 is 9.59 Å². The maximum absolute atomic E-state index is 11.7. The van der Waals surface area contributed by atoms with E-state index >= 15 is 0 Å². The fourth-order valence-corrected chi connectivity index (χ4v) is 2.79. The predicted octanol–water partition coefficient (Wildman–Crippen LogP) is 2.98. The molecule has 0 spiro atoms. The Hall–Kier alpha value is -1.18. The highest BCUT2D eigenvalue weighted by molar-refractivity contribution is 5.99. The zero-order valence-electron chi connectivity index (χ0n) is 10.2. The number of carbonyl (C=O) groups is 2. The van der Waals surface area contributed by atoms with Crippen LogP contribution in [-0.2, 0) is 9.59 Å². The van der Waals surface area contributed by atoms with Crippen molar-refractivity contribution in [1.82, 2.24) is 0 Å². The summed E-state index contributed by atoms with van der Waals surface area (Å²) in [5, 5.41) is 0. The average molecular weight is 218 g/mol. The Morgan fingerprint density at radius 3 is 2.56 bits per heavy atom. The van der Waals surface area contributed by atoms with Crippen molar-refractivity contribution >= 4 is 11.6 Å². The van der Waals surface area contributed by atoms with Gasteiger partial charge in [-0.1, -0.05) is 13.0 Å². The molecule has 2 nitrogen and oxygen atoms in total. The van der Waals surface area contributed by atoms with Gasteiger partial charge in [0.05, 0.1) is 0 Å². The molecule has 2 rings (SSSR count). The van der Waals surface area contributed by atoms with E-state index in [0.717, 1.165) is 36.0 Å². The number of carbonyl (C=O) groups excluding carboxylic acids is 2. The molecule has 0 aliphatic heterocycles. The highest BCUT2D eigenvalue weighted by Crippen LogP contribution is 2.47. The molecule has 0 aromatic rings. The van der Waals surface area contributed by atoms with Gasteiger partial charge in [-0.3, -0.25) is 9.59 Å². The fourth-order valence-electron chi connectivity index (χ4n) is 2.79. The van der Waals surface area contributed by atoms with E-state index < -0.39 is 0 Å². The molecule has 0 aromatic carbocycles. The topological polar surface area (TPSA) is 34.1 Å². The molecule has 0 saturated heterocycles. The minimum atomic E-state index is 0.122. The van der Waals surface area contributed by atoms with Crippen LogP contribution >= 0.6 is 0 Å². The van der Waals surface area contributed by atoms with E-state index in [-0.39, 0.29) is 17.0 Å². The monoisotopic (exact) mass is 218 g/mol. The first kappa shape index (κ1) is 11.3. The Morgan fingerprint density at radius 1 is 1.31 bits per heavy atom. The number of ketones is 2. The van der Waals surface area contributed by atoms with E-state index in [1.54, 1.807) is 6.92 Å². The van der Waals surface area contributed by atoms with Gasteiger partial charge in [0.15, 0.2) is 11.6 Å². The van der Waals surface area contributed by atoms with Gasteiger partial charge in [0.25, 0.3) is 0 Å². The smallest absolute Gasteiger partial charge is 0.158 e. The number of rotatable bonds is 1. The van der Waals surface area contributed by atoms with Crippen LogP contribution in [0.2, 0.25) is 0 Å². The third-order valence-corrected chi connectivity index (χ3v) is 4.09. The summed E-state index contributed by atoms with van der Waals surface area (Å²) in [5.41, 5.74) is 2.98. The molecule has 2 heteroatoms. The van der Waals surface area contributed by atoms with Gasteiger partial charge < -0.3 is 0 Å². The molecular formula is C14H18O2. The number of fused-ring (bicyclic) bond motifs is 1. The van der Waals surface area contributed by atoms with Crippen LogP contribution in [0.3, 0.4) is 0 Å². The van der Waals surface area contributed by atoms with Crippen LogP contribution in [0.25, 0.3) is 0 Å². The predicted molar refractivity (Wildman–Crippen MR) is 63.0 cm³/mol. The second kappa shape index (κ2) is 3.69. The summed E-state index contributed by atoms with van der Waals surface area (Å²) in [6.07, 6.45) is 5.42. The van der Waals surface area contributed by atoms with Crippen molar-refractivity contribution in [3.8, 4) is 0 Å². The molecule has 2 aliphatic carbocycles. The lowest BCUT2D eigenvalue weighted by Crippen LogP contribution is -2.30. The van der Waals surface area contributed by atoms with Gasteiger partial charge in [0.2, 0.25) is 0 Å². The molecule has 86 valence electrons. The zero-order valence-corrected chi connectivity index (χ0v) is 10.2. The molecule has 0 radical (unpaired) electrons. The number of Topliss-reactive ketones (excluding diaryl/α,β-unsaturated/α-hetero) is 2. The average Bonchev–Trinajstić information content (AvgIpc) is 2.24. The molecule has 0 N–H and O–H groups in total. The van der Waals surface area contributed by atoms with E-state index in [9.17, 15) is 9.59 Å². The summed E-state index contributed by atoms with van der Waals surface area (Å²) in [6, 6.07) is 0. The van der Waals surface area contributed by atoms with E-state index in [1.165, 1.54) is 0 Å². The minimum absolute atomic E-state index is 0.122. The van der Waals surface area contributed by atoms with Crippen LogP contribution in [0.15, 0.2) is 22.8 Å². The lowest BCUT2D eigenvalue weighted by atomic mass is 9.65. The Balaban J connectivity index is 2.52. The van der Waals surface area contributed by atoms with Crippen LogP contribution in [0, 0.1) is 5.41 Å². The van der Waals surface area contributed by atoms with Crippen molar-refractivity contribution in [2.45, 2.75) is 46.5 Å². The Kier molecular flexibility index (Phi) is 2.61. The quantitative estimate of drug-likeness (QED) is 0.678. The summed E-state index contributed by atoms with van der Waals surface area (Å²) in [7, 11) is 0. The third-order valence-electron chi connectivity index (χ3n) is 4.09. The van der Waals surface area contributed by atoms with Gasteiger partial charge in [-0.25, -0.2) is 0 Å². The second-order valence-electron chi connectivity index (χ2n) is 5.25. The van der Waals surface area contributed by atoms with Crippen molar-refractivity contribution in [2.75, 3.05) is 0 Å². The molecule has 2 aliphatic rings. The third kappa shape index (κ3) is 1.66.